The number of carbonyl (C=O) groups excluding carboxylic acids is 2. The van der Waals surface area contributed by atoms with Crippen molar-refractivity contribution < 1.29 is 22.4 Å². The normalized spacial score (nSPS) is 12.2. The molecule has 202 valence electrons. The van der Waals surface area contributed by atoms with Gasteiger partial charge in [-0.05, 0) is 29.3 Å². The van der Waals surface area contributed by atoms with Crippen molar-refractivity contribution in [2.75, 3.05) is 32.0 Å². The topological polar surface area (TPSA) is 90.0 Å². The van der Waals surface area contributed by atoms with Crippen molar-refractivity contribution in [3.63, 3.8) is 0 Å². The van der Waals surface area contributed by atoms with Crippen LogP contribution in [0.2, 0.25) is 5.02 Å². The Hall–Kier alpha value is -3.47. The molecule has 2 amide bonds. The van der Waals surface area contributed by atoms with Gasteiger partial charge in [0.05, 0.1) is 5.69 Å². The van der Waals surface area contributed by atoms with Crippen LogP contribution in [0.1, 0.15) is 11.1 Å². The lowest BCUT2D eigenvalue weighted by molar-refractivity contribution is -0.139. The molecule has 1 unspecified atom stereocenters. The molecule has 8 nitrogen and oxygen atoms in total. The van der Waals surface area contributed by atoms with Crippen LogP contribution in [0.4, 0.5) is 10.1 Å². The van der Waals surface area contributed by atoms with Gasteiger partial charge >= 0.3 is 10.2 Å². The lowest BCUT2D eigenvalue weighted by Gasteiger charge is -2.34. The van der Waals surface area contributed by atoms with Gasteiger partial charge in [-0.25, -0.2) is 8.70 Å². The third kappa shape index (κ3) is 6.89. The van der Waals surface area contributed by atoms with Gasteiger partial charge in [0.2, 0.25) is 11.8 Å². The molecule has 0 aromatic heterocycles. The number of halogens is 2. The zero-order chi connectivity index (χ0) is 27.9. The number of nitrogens with one attached hydrogen (secondary N) is 1. The Morgan fingerprint density at radius 3 is 2.16 bits per heavy atom. The Morgan fingerprint density at radius 2 is 1.55 bits per heavy atom. The number of hydrogen-bond acceptors (Lipinski definition) is 4. The SMILES string of the molecule is CNC(=O)C(Cc1ccccc1)N(Cc1ccccc1Cl)C(=O)CN(c1ccccc1F)S(=O)(=O)N(C)C. The maximum Gasteiger partial charge on any atom is 0.304 e. The van der Waals surface area contributed by atoms with E-state index in [1.54, 1.807) is 24.3 Å². The van der Waals surface area contributed by atoms with E-state index < -0.39 is 40.4 Å². The number of hydrogen-bond donors (Lipinski definition) is 1. The van der Waals surface area contributed by atoms with E-state index in [-0.39, 0.29) is 18.7 Å². The molecule has 38 heavy (non-hydrogen) atoms. The van der Waals surface area contributed by atoms with Crippen LogP contribution in [-0.4, -0.2) is 63.2 Å². The van der Waals surface area contributed by atoms with Gasteiger partial charge in [0.15, 0.2) is 0 Å². The van der Waals surface area contributed by atoms with E-state index in [0.29, 0.717) is 14.9 Å². The lowest BCUT2D eigenvalue weighted by Crippen LogP contribution is -2.54. The molecule has 0 aliphatic carbocycles. The molecular formula is C27H30ClFN4O4S. The molecule has 1 N–H and O–H groups in total. The van der Waals surface area contributed by atoms with Crippen LogP contribution in [0, 0.1) is 5.82 Å². The fourth-order valence-corrected chi connectivity index (χ4v) is 5.15. The summed E-state index contributed by atoms with van der Waals surface area (Å²) < 4.78 is 42.8. The quantitative estimate of drug-likeness (QED) is 0.389. The van der Waals surface area contributed by atoms with Gasteiger partial charge in [-0.3, -0.25) is 9.59 Å². The average molecular weight is 561 g/mol. The smallest absolute Gasteiger partial charge is 0.304 e. The zero-order valence-electron chi connectivity index (χ0n) is 21.3. The van der Waals surface area contributed by atoms with Crippen molar-refractivity contribution in [1.29, 1.82) is 0 Å². The number of nitrogens with zero attached hydrogens (tertiary/aromatic N) is 3. The molecule has 0 heterocycles. The minimum absolute atomic E-state index is 0.0729. The van der Waals surface area contributed by atoms with E-state index >= 15 is 0 Å². The summed E-state index contributed by atoms with van der Waals surface area (Å²) in [5.41, 5.74) is 1.08. The number of benzene rings is 3. The number of likely N-dealkylation sites (N-methyl/N-ethyl adjacent to an activating group) is 1. The first-order valence-corrected chi connectivity index (χ1v) is 13.6. The Labute approximate surface area is 227 Å². The van der Waals surface area contributed by atoms with Gasteiger partial charge in [0.1, 0.15) is 18.4 Å². The molecule has 3 rings (SSSR count). The van der Waals surface area contributed by atoms with E-state index in [9.17, 15) is 22.4 Å². The molecule has 0 aliphatic heterocycles. The van der Waals surface area contributed by atoms with Gasteiger partial charge in [-0.15, -0.1) is 0 Å². The van der Waals surface area contributed by atoms with Crippen LogP contribution in [0.25, 0.3) is 0 Å². The Bertz CT molecular complexity index is 1370. The zero-order valence-corrected chi connectivity index (χ0v) is 22.9. The summed E-state index contributed by atoms with van der Waals surface area (Å²) in [5.74, 6) is -1.96. The molecule has 11 heteroatoms. The molecule has 1 atom stereocenters. The summed E-state index contributed by atoms with van der Waals surface area (Å²) >= 11 is 6.39. The fourth-order valence-electron chi connectivity index (χ4n) is 3.89. The van der Waals surface area contributed by atoms with E-state index in [1.807, 2.05) is 30.3 Å². The second-order valence-corrected chi connectivity index (χ2v) is 11.2. The van der Waals surface area contributed by atoms with Crippen molar-refractivity contribution in [2.45, 2.75) is 19.0 Å². The second-order valence-electron chi connectivity index (χ2n) is 8.68. The van der Waals surface area contributed by atoms with Gasteiger partial charge in [0.25, 0.3) is 0 Å². The first kappa shape index (κ1) is 29.1. The van der Waals surface area contributed by atoms with Crippen molar-refractivity contribution in [2.24, 2.45) is 0 Å². The van der Waals surface area contributed by atoms with Crippen molar-refractivity contribution in [1.82, 2.24) is 14.5 Å². The molecule has 0 fully saturated rings. The first-order valence-electron chi connectivity index (χ1n) is 11.8. The van der Waals surface area contributed by atoms with Gasteiger partial charge < -0.3 is 10.2 Å². The predicted octanol–water partition coefficient (Wildman–Crippen LogP) is 3.48. The largest absolute Gasteiger partial charge is 0.357 e. The summed E-state index contributed by atoms with van der Waals surface area (Å²) in [6.07, 6.45) is 0.164. The number of carbonyl (C=O) groups is 2. The Morgan fingerprint density at radius 1 is 0.947 bits per heavy atom. The van der Waals surface area contributed by atoms with Crippen molar-refractivity contribution in [3.05, 3.63) is 101 Å². The average Bonchev–Trinajstić information content (AvgIpc) is 2.90. The van der Waals surface area contributed by atoms with Crippen LogP contribution in [0.3, 0.4) is 0 Å². The van der Waals surface area contributed by atoms with Crippen LogP contribution in [0.5, 0.6) is 0 Å². The maximum atomic E-state index is 14.8. The van der Waals surface area contributed by atoms with Gasteiger partial charge in [-0.2, -0.15) is 12.7 Å². The summed E-state index contributed by atoms with van der Waals surface area (Å²) in [6.45, 7) is -0.815. The summed E-state index contributed by atoms with van der Waals surface area (Å²) in [6, 6.07) is 20.3. The molecule has 3 aromatic carbocycles. The summed E-state index contributed by atoms with van der Waals surface area (Å²) in [7, 11) is -0.244. The van der Waals surface area contributed by atoms with Crippen LogP contribution in [-0.2, 0) is 32.8 Å². The third-order valence-corrected chi connectivity index (χ3v) is 8.13. The number of amides is 2. The molecule has 0 aliphatic rings. The van der Waals surface area contributed by atoms with E-state index in [0.717, 1.165) is 15.9 Å². The predicted molar refractivity (Wildman–Crippen MR) is 146 cm³/mol. The maximum absolute atomic E-state index is 14.8. The highest BCUT2D eigenvalue weighted by molar-refractivity contribution is 7.90. The molecule has 0 spiro atoms. The number of rotatable bonds is 11. The van der Waals surface area contributed by atoms with E-state index in [1.165, 1.54) is 44.2 Å². The molecule has 0 saturated heterocycles. The molecule has 0 saturated carbocycles. The Kier molecular flexibility index (Phi) is 9.84. The van der Waals surface area contributed by atoms with E-state index in [4.69, 9.17) is 11.6 Å². The summed E-state index contributed by atoms with van der Waals surface area (Å²) in [5, 5.41) is 2.98. The molecule has 3 aromatic rings. The van der Waals surface area contributed by atoms with Crippen molar-refractivity contribution in [3.8, 4) is 0 Å². The first-order chi connectivity index (χ1) is 18.1. The van der Waals surface area contributed by atoms with Crippen LogP contribution >= 0.6 is 11.6 Å². The highest BCUT2D eigenvalue weighted by atomic mass is 35.5. The minimum atomic E-state index is -4.28. The van der Waals surface area contributed by atoms with Gasteiger partial charge in [-0.1, -0.05) is 72.3 Å². The number of anilines is 1. The summed E-state index contributed by atoms with van der Waals surface area (Å²) in [4.78, 5) is 28.3. The van der Waals surface area contributed by atoms with Crippen LogP contribution in [0.15, 0.2) is 78.9 Å². The Balaban J connectivity index is 2.09. The lowest BCUT2D eigenvalue weighted by atomic mass is 10.0. The van der Waals surface area contributed by atoms with Crippen LogP contribution < -0.4 is 9.62 Å². The minimum Gasteiger partial charge on any atom is -0.357 e. The van der Waals surface area contributed by atoms with Gasteiger partial charge in [0, 0.05) is 39.1 Å². The van der Waals surface area contributed by atoms with E-state index in [2.05, 4.69) is 5.32 Å². The molecule has 0 bridgehead atoms. The number of para-hydroxylation sites is 1. The standard InChI is InChI=1S/C27H30ClFN4O4S/c1-30-27(35)25(17-20-11-5-4-6-12-20)32(18-21-13-7-8-14-22(21)28)26(34)19-33(38(36,37)31(2)3)24-16-10-9-15-23(24)29/h4-16,25H,17-19H2,1-3H3,(H,30,35). The van der Waals surface area contributed by atoms with Crippen molar-refractivity contribution >= 4 is 39.3 Å². The molecule has 0 radical (unpaired) electrons. The fraction of sp³-hybridized carbons (Fsp3) is 0.259. The monoisotopic (exact) mass is 560 g/mol. The third-order valence-electron chi connectivity index (χ3n) is 5.96. The second kappa shape index (κ2) is 12.9. The highest BCUT2D eigenvalue weighted by Crippen LogP contribution is 2.25. The highest BCUT2D eigenvalue weighted by Gasteiger charge is 2.35. The molecular weight excluding hydrogens is 531 g/mol.